The summed E-state index contributed by atoms with van der Waals surface area (Å²) >= 11 is -0.826. The van der Waals surface area contributed by atoms with Gasteiger partial charge in [-0.15, -0.1) is 0 Å². The molecule has 4 atom stereocenters. The molecule has 3 aliphatic rings. The number of aryl methyl sites for hydroxylation is 1. The first-order valence-corrected chi connectivity index (χ1v) is 16.1. The second kappa shape index (κ2) is 12.3. The van der Waals surface area contributed by atoms with Crippen LogP contribution in [0.3, 0.4) is 0 Å². The van der Waals surface area contributed by atoms with Crippen LogP contribution in [0.15, 0.2) is 16.5 Å². The first-order chi connectivity index (χ1) is 11.7. The van der Waals surface area contributed by atoms with Gasteiger partial charge in [0, 0.05) is 5.92 Å². The molecule has 0 aliphatic heterocycles. The van der Waals surface area contributed by atoms with E-state index in [2.05, 4.69) is 19.1 Å². The van der Waals surface area contributed by atoms with Crippen molar-refractivity contribution in [3.8, 4) is 0 Å². The van der Waals surface area contributed by atoms with Crippen LogP contribution < -0.4 is 0 Å². The third-order valence-corrected chi connectivity index (χ3v) is 6.83. The molecule has 1 aromatic heterocycles. The fourth-order valence-electron chi connectivity index (χ4n) is 5.89. The molecule has 0 saturated heterocycles. The predicted molar refractivity (Wildman–Crippen MR) is 111 cm³/mol. The summed E-state index contributed by atoms with van der Waals surface area (Å²) in [7, 11) is 9.87. The molecule has 26 heavy (non-hydrogen) atoms. The molecule has 1 heterocycles. The minimum atomic E-state index is -0.826. The molecule has 0 amide bonds. The zero-order valence-electron chi connectivity index (χ0n) is 16.8. The summed E-state index contributed by atoms with van der Waals surface area (Å²) in [6, 6.07) is 4.41. The molecule has 3 fully saturated rings. The molecule has 0 N–H and O–H groups in total. The van der Waals surface area contributed by atoms with E-state index in [-0.39, 0.29) is 14.9 Å². The molecule has 0 radical (unpaired) electrons. The third kappa shape index (κ3) is 6.12. The summed E-state index contributed by atoms with van der Waals surface area (Å²) in [6.45, 7) is 2.08. The summed E-state index contributed by atoms with van der Waals surface area (Å²) < 4.78 is 6.00. The Morgan fingerprint density at radius 2 is 1.62 bits per heavy atom. The number of hydrogen-bond donors (Lipinski definition) is 0. The Bertz CT molecular complexity index is 498. The second-order valence-corrected chi connectivity index (χ2v) is 11.8. The van der Waals surface area contributed by atoms with Crippen LogP contribution in [0.1, 0.15) is 81.6 Å². The molecule has 3 saturated carbocycles. The first-order valence-electron chi connectivity index (χ1n) is 9.75. The van der Waals surface area contributed by atoms with Crippen molar-refractivity contribution < 1.29 is 25.3 Å². The monoisotopic (exact) mass is 476 g/mol. The number of furan rings is 1. The van der Waals surface area contributed by atoms with Crippen molar-refractivity contribution in [1.29, 1.82) is 0 Å². The molecule has 1 aromatic rings. The molecule has 4 unspecified atom stereocenters. The van der Waals surface area contributed by atoms with E-state index in [1.807, 2.05) is 0 Å². The van der Waals surface area contributed by atoms with Crippen LogP contribution in [0.4, 0.5) is 0 Å². The van der Waals surface area contributed by atoms with Gasteiger partial charge in [0.2, 0.25) is 0 Å². The van der Waals surface area contributed by atoms with Gasteiger partial charge in [-0.1, -0.05) is 32.1 Å². The molecule has 3 aliphatic carbocycles. The Morgan fingerprint density at radius 1 is 0.923 bits per heavy atom. The van der Waals surface area contributed by atoms with Crippen LogP contribution >= 0.6 is 17.0 Å². The normalized spacial score (nSPS) is 30.3. The van der Waals surface area contributed by atoms with Crippen LogP contribution in [0.2, 0.25) is 0 Å². The molecule has 0 spiro atoms. The summed E-state index contributed by atoms with van der Waals surface area (Å²) in [6.07, 6.45) is 14.8. The van der Waals surface area contributed by atoms with Crippen molar-refractivity contribution in [3.63, 3.8) is 0 Å². The number of halogens is 2. The topological polar surface area (TPSA) is 13.1 Å². The molecule has 1 nitrogen and oxygen atoms in total. The Labute approximate surface area is 180 Å². The zero-order chi connectivity index (χ0) is 16.9. The second-order valence-electron chi connectivity index (χ2n) is 8.11. The number of hydrogen-bond acceptors (Lipinski definition) is 1. The summed E-state index contributed by atoms with van der Waals surface area (Å²) in [5, 5.41) is 0. The fourth-order valence-corrected chi connectivity index (χ4v) is 5.89. The van der Waals surface area contributed by atoms with Crippen LogP contribution in [-0.4, -0.2) is 0 Å². The van der Waals surface area contributed by atoms with Gasteiger partial charge in [0.1, 0.15) is 11.5 Å². The maximum absolute atomic E-state index is 6.00. The summed E-state index contributed by atoms with van der Waals surface area (Å²) in [4.78, 5) is 0. The quantitative estimate of drug-likeness (QED) is 0.398. The molecular weight excluding hydrogens is 442 g/mol. The first kappa shape index (κ1) is 24.8. The van der Waals surface area contributed by atoms with Gasteiger partial charge in [-0.25, -0.2) is 0 Å². The average Bonchev–Trinajstić information content (AvgIpc) is 3.30. The number of rotatable bonds is 3. The standard InChI is InChI=1S/C20H30O.2CH3.2ClH.Zr/c1-14-9-12-20(21-14)19-8-4-7-17-16(10-11-18(17)19)13-15-5-2-3-6-15;;;;;/h9,12,15-19H,2-8,10-11,13H2,1H3;2*1H3;2*1H;/q;2*-1;;;+4/p-2. The van der Waals surface area contributed by atoms with Gasteiger partial charge >= 0.3 is 37.9 Å². The van der Waals surface area contributed by atoms with E-state index in [1.165, 1.54) is 63.5 Å². The van der Waals surface area contributed by atoms with Gasteiger partial charge < -0.3 is 19.3 Å². The van der Waals surface area contributed by atoms with E-state index in [9.17, 15) is 0 Å². The summed E-state index contributed by atoms with van der Waals surface area (Å²) in [5.74, 6) is 7.16. The van der Waals surface area contributed by atoms with Crippen LogP contribution in [0, 0.1) is 45.4 Å². The van der Waals surface area contributed by atoms with Crippen molar-refractivity contribution in [2.24, 2.45) is 23.7 Å². The van der Waals surface area contributed by atoms with Crippen LogP contribution in [-0.2, 0) is 20.8 Å². The number of fused-ring (bicyclic) bond motifs is 1. The zero-order valence-corrected chi connectivity index (χ0v) is 20.7. The van der Waals surface area contributed by atoms with Gasteiger partial charge in [0.15, 0.2) is 0 Å². The maximum atomic E-state index is 6.00. The van der Waals surface area contributed by atoms with Gasteiger partial charge in [-0.2, -0.15) is 0 Å². The summed E-state index contributed by atoms with van der Waals surface area (Å²) in [5.41, 5.74) is 0. The SMILES string of the molecule is Cc1ccc(C2CCCC3C(CC4CCCC4)CCC23)o1.[CH3-].[CH3-].[Cl][Zr+2][Cl]. The Balaban J connectivity index is 0.000000635. The molecule has 148 valence electrons. The van der Waals surface area contributed by atoms with Crippen LogP contribution in [0.5, 0.6) is 0 Å². The van der Waals surface area contributed by atoms with Gasteiger partial charge in [0.05, 0.1) is 0 Å². The van der Waals surface area contributed by atoms with Crippen molar-refractivity contribution in [2.75, 3.05) is 0 Å². The molecular formula is C22H36Cl2OZr. The van der Waals surface area contributed by atoms with E-state index in [0.29, 0.717) is 0 Å². The predicted octanol–water partition coefficient (Wildman–Crippen LogP) is 8.36. The molecule has 0 aromatic carbocycles. The van der Waals surface area contributed by atoms with Crippen molar-refractivity contribution in [1.82, 2.24) is 0 Å². The van der Waals surface area contributed by atoms with Gasteiger partial charge in [0.25, 0.3) is 0 Å². The van der Waals surface area contributed by atoms with Crippen LogP contribution in [0.25, 0.3) is 0 Å². The van der Waals surface area contributed by atoms with Gasteiger partial charge in [-0.05, 0) is 74.8 Å². The van der Waals surface area contributed by atoms with Crippen molar-refractivity contribution in [2.45, 2.75) is 77.0 Å². The van der Waals surface area contributed by atoms with Crippen molar-refractivity contribution >= 4 is 17.0 Å². The van der Waals surface area contributed by atoms with E-state index in [0.717, 1.165) is 35.3 Å². The molecule has 4 heteroatoms. The van der Waals surface area contributed by atoms with E-state index >= 15 is 0 Å². The van der Waals surface area contributed by atoms with E-state index in [4.69, 9.17) is 21.4 Å². The Hall–Kier alpha value is 0.743. The van der Waals surface area contributed by atoms with E-state index < -0.39 is 20.8 Å². The Morgan fingerprint density at radius 3 is 2.23 bits per heavy atom. The third-order valence-electron chi connectivity index (χ3n) is 6.83. The molecule has 0 bridgehead atoms. The van der Waals surface area contributed by atoms with Crippen molar-refractivity contribution in [3.05, 3.63) is 38.5 Å². The average molecular weight is 479 g/mol. The fraction of sp³-hybridized carbons (Fsp3) is 0.727. The van der Waals surface area contributed by atoms with Gasteiger partial charge in [-0.3, -0.25) is 0 Å². The minimum absolute atomic E-state index is 0. The van der Waals surface area contributed by atoms with E-state index in [1.54, 1.807) is 6.42 Å². The molecule has 4 rings (SSSR count). The Kier molecular flexibility index (Phi) is 11.8.